The van der Waals surface area contributed by atoms with Gasteiger partial charge in [-0.1, -0.05) is 12.8 Å². The molecule has 2 N–H and O–H groups in total. The molecule has 0 spiro atoms. The smallest absolute Gasteiger partial charge is 0.384 e. The van der Waals surface area contributed by atoms with Crippen molar-refractivity contribution in [1.29, 1.82) is 0 Å². The SMILES string of the molecule is CCC(C)(N)C#CC(=O)OC(C)(C)C. The lowest BCUT2D eigenvalue weighted by molar-refractivity contribution is -0.147. The quantitative estimate of drug-likeness (QED) is 0.393. The summed E-state index contributed by atoms with van der Waals surface area (Å²) in [6, 6.07) is 0. The normalized spacial score (nSPS) is 15.0. The molecule has 0 aliphatic carbocycles. The lowest BCUT2D eigenvalue weighted by atomic mass is 10.0. The lowest BCUT2D eigenvalue weighted by Crippen LogP contribution is -2.33. The molecule has 0 aliphatic heterocycles. The van der Waals surface area contributed by atoms with Crippen LogP contribution in [0.3, 0.4) is 0 Å². The fourth-order valence-corrected chi connectivity index (χ4v) is 0.586. The van der Waals surface area contributed by atoms with Crippen LogP contribution in [0.15, 0.2) is 0 Å². The molecule has 0 aromatic carbocycles. The van der Waals surface area contributed by atoms with Crippen molar-refractivity contribution < 1.29 is 9.53 Å². The summed E-state index contributed by atoms with van der Waals surface area (Å²) in [5, 5.41) is 0. The number of hydrogen-bond acceptors (Lipinski definition) is 3. The van der Waals surface area contributed by atoms with Gasteiger partial charge in [0.2, 0.25) is 0 Å². The maximum atomic E-state index is 11.2. The summed E-state index contributed by atoms with van der Waals surface area (Å²) in [5.41, 5.74) is 4.64. The third-order valence-electron chi connectivity index (χ3n) is 1.58. The predicted molar refractivity (Wildman–Crippen MR) is 56.5 cm³/mol. The van der Waals surface area contributed by atoms with E-state index in [0.717, 1.165) is 0 Å². The number of carbonyl (C=O) groups is 1. The zero-order chi connectivity index (χ0) is 11.4. The third kappa shape index (κ3) is 6.50. The van der Waals surface area contributed by atoms with Gasteiger partial charge in [0.1, 0.15) is 5.60 Å². The molecule has 1 atom stereocenters. The van der Waals surface area contributed by atoms with E-state index in [1.165, 1.54) is 0 Å². The van der Waals surface area contributed by atoms with Crippen molar-refractivity contribution >= 4 is 5.97 Å². The van der Waals surface area contributed by atoms with Gasteiger partial charge < -0.3 is 10.5 Å². The molecule has 0 rings (SSSR count). The van der Waals surface area contributed by atoms with E-state index < -0.39 is 17.1 Å². The zero-order valence-electron chi connectivity index (χ0n) is 9.60. The highest BCUT2D eigenvalue weighted by atomic mass is 16.6. The van der Waals surface area contributed by atoms with Crippen molar-refractivity contribution in [3.8, 4) is 11.8 Å². The lowest BCUT2D eigenvalue weighted by Gasteiger charge is -2.17. The molecule has 0 bridgehead atoms. The number of nitrogens with two attached hydrogens (primary N) is 1. The van der Waals surface area contributed by atoms with E-state index in [1.54, 1.807) is 27.7 Å². The Morgan fingerprint density at radius 3 is 2.21 bits per heavy atom. The fraction of sp³-hybridized carbons (Fsp3) is 0.727. The summed E-state index contributed by atoms with van der Waals surface area (Å²) in [5.74, 6) is 4.55. The maximum absolute atomic E-state index is 11.2. The molecule has 1 unspecified atom stereocenters. The summed E-state index contributed by atoms with van der Waals surface area (Å²) in [6.45, 7) is 9.10. The van der Waals surface area contributed by atoms with Gasteiger partial charge in [0, 0.05) is 5.92 Å². The summed E-state index contributed by atoms with van der Waals surface area (Å²) < 4.78 is 5.01. The van der Waals surface area contributed by atoms with E-state index in [2.05, 4.69) is 11.8 Å². The van der Waals surface area contributed by atoms with Crippen molar-refractivity contribution in [2.75, 3.05) is 0 Å². The molecule has 0 heterocycles. The highest BCUT2D eigenvalue weighted by Gasteiger charge is 2.16. The second-order valence-corrected chi connectivity index (χ2v) is 4.52. The zero-order valence-corrected chi connectivity index (χ0v) is 9.60. The monoisotopic (exact) mass is 197 g/mol. The molecule has 0 saturated heterocycles. The van der Waals surface area contributed by atoms with Gasteiger partial charge in [-0.25, -0.2) is 4.79 Å². The summed E-state index contributed by atoms with van der Waals surface area (Å²) in [7, 11) is 0. The van der Waals surface area contributed by atoms with Gasteiger partial charge in [-0.15, -0.1) is 0 Å². The molecule has 0 fully saturated rings. The van der Waals surface area contributed by atoms with Crippen LogP contribution in [0.4, 0.5) is 0 Å². The van der Waals surface area contributed by atoms with E-state index in [9.17, 15) is 4.79 Å². The van der Waals surface area contributed by atoms with Crippen LogP contribution in [0.2, 0.25) is 0 Å². The molecule has 0 aromatic rings. The van der Waals surface area contributed by atoms with E-state index in [1.807, 2.05) is 6.92 Å². The number of carbonyl (C=O) groups excluding carboxylic acids is 1. The predicted octanol–water partition coefficient (Wildman–Crippen LogP) is 1.46. The Hall–Kier alpha value is -1.01. The highest BCUT2D eigenvalue weighted by molar-refractivity contribution is 5.89. The fourth-order valence-electron chi connectivity index (χ4n) is 0.586. The van der Waals surface area contributed by atoms with Crippen LogP contribution in [0.5, 0.6) is 0 Å². The van der Waals surface area contributed by atoms with Gasteiger partial charge >= 0.3 is 5.97 Å². The van der Waals surface area contributed by atoms with Crippen LogP contribution in [0.1, 0.15) is 41.0 Å². The first-order valence-corrected chi connectivity index (χ1v) is 4.71. The van der Waals surface area contributed by atoms with Crippen LogP contribution in [-0.2, 0) is 9.53 Å². The standard InChI is InChI=1S/C11H19NO2/c1-6-11(5,12)8-7-9(13)14-10(2,3)4/h6,12H2,1-5H3. The largest absolute Gasteiger partial charge is 0.450 e. The van der Waals surface area contributed by atoms with Crippen LogP contribution in [0.25, 0.3) is 0 Å². The van der Waals surface area contributed by atoms with Crippen molar-refractivity contribution in [2.45, 2.75) is 52.2 Å². The minimum absolute atomic E-state index is 0.497. The minimum atomic E-state index is -0.614. The van der Waals surface area contributed by atoms with Crippen LogP contribution in [-0.4, -0.2) is 17.1 Å². The molecule has 0 radical (unpaired) electrons. The molecule has 0 saturated carbocycles. The Morgan fingerprint density at radius 2 is 1.86 bits per heavy atom. The highest BCUT2D eigenvalue weighted by Crippen LogP contribution is 2.07. The van der Waals surface area contributed by atoms with Crippen molar-refractivity contribution in [1.82, 2.24) is 0 Å². The summed E-state index contributed by atoms with van der Waals surface area (Å²) in [4.78, 5) is 11.2. The Kier molecular flexibility index (Phi) is 4.15. The second kappa shape index (κ2) is 4.47. The average molecular weight is 197 g/mol. The van der Waals surface area contributed by atoms with E-state index in [0.29, 0.717) is 6.42 Å². The van der Waals surface area contributed by atoms with Gasteiger partial charge in [0.25, 0.3) is 0 Å². The first kappa shape index (κ1) is 13.0. The Balaban J connectivity index is 4.33. The second-order valence-electron chi connectivity index (χ2n) is 4.52. The Labute approximate surface area is 86.0 Å². The Bertz CT molecular complexity index is 263. The number of esters is 1. The van der Waals surface area contributed by atoms with Gasteiger partial charge in [-0.2, -0.15) is 0 Å². The Morgan fingerprint density at radius 1 is 1.36 bits per heavy atom. The molecule has 0 aromatic heterocycles. The van der Waals surface area contributed by atoms with Crippen molar-refractivity contribution in [3.05, 3.63) is 0 Å². The third-order valence-corrected chi connectivity index (χ3v) is 1.58. The van der Waals surface area contributed by atoms with Crippen LogP contribution < -0.4 is 5.73 Å². The van der Waals surface area contributed by atoms with Crippen molar-refractivity contribution in [2.24, 2.45) is 5.73 Å². The average Bonchev–Trinajstić information content (AvgIpc) is 1.98. The summed E-state index contributed by atoms with van der Waals surface area (Å²) in [6.07, 6.45) is 0.697. The first-order chi connectivity index (χ1) is 6.16. The maximum Gasteiger partial charge on any atom is 0.384 e. The topological polar surface area (TPSA) is 52.3 Å². The molecule has 0 aliphatic rings. The van der Waals surface area contributed by atoms with E-state index >= 15 is 0 Å². The van der Waals surface area contributed by atoms with Crippen molar-refractivity contribution in [3.63, 3.8) is 0 Å². The number of rotatable bonds is 1. The first-order valence-electron chi connectivity index (χ1n) is 4.71. The van der Waals surface area contributed by atoms with Gasteiger partial charge in [0.05, 0.1) is 5.54 Å². The van der Waals surface area contributed by atoms with Crippen LogP contribution in [0, 0.1) is 11.8 Å². The molecule has 0 amide bonds. The number of hydrogen-bond donors (Lipinski definition) is 1. The molecular weight excluding hydrogens is 178 g/mol. The molecule has 14 heavy (non-hydrogen) atoms. The van der Waals surface area contributed by atoms with Gasteiger partial charge in [0.15, 0.2) is 0 Å². The molecule has 3 heteroatoms. The van der Waals surface area contributed by atoms with Crippen LogP contribution >= 0.6 is 0 Å². The summed E-state index contributed by atoms with van der Waals surface area (Å²) >= 11 is 0. The van der Waals surface area contributed by atoms with Gasteiger partial charge in [-0.3, -0.25) is 0 Å². The molecule has 80 valence electrons. The minimum Gasteiger partial charge on any atom is -0.450 e. The molecule has 3 nitrogen and oxygen atoms in total. The van der Waals surface area contributed by atoms with Gasteiger partial charge in [-0.05, 0) is 34.1 Å². The van der Waals surface area contributed by atoms with E-state index in [-0.39, 0.29) is 0 Å². The molecular formula is C11H19NO2. The number of ether oxygens (including phenoxy) is 1. The van der Waals surface area contributed by atoms with E-state index in [4.69, 9.17) is 10.5 Å².